The Morgan fingerprint density at radius 3 is 2.76 bits per heavy atom. The smallest absolute Gasteiger partial charge is 0.259 e. The van der Waals surface area contributed by atoms with E-state index >= 15 is 0 Å². The van der Waals surface area contributed by atoms with Gasteiger partial charge in [-0.3, -0.25) is 18.9 Å². The molecule has 0 aliphatic rings. The van der Waals surface area contributed by atoms with Gasteiger partial charge in [0.2, 0.25) is 5.91 Å². The number of aromatic nitrogens is 2. The van der Waals surface area contributed by atoms with Gasteiger partial charge in [0.25, 0.3) is 5.56 Å². The number of amides is 1. The Hall–Kier alpha value is -2.72. The number of nitrogens with zero attached hydrogens (tertiary/aromatic N) is 3. The van der Waals surface area contributed by atoms with Crippen molar-refractivity contribution >= 4 is 27.9 Å². The Kier molecular flexibility index (Phi) is 6.33. The quantitative estimate of drug-likeness (QED) is 0.591. The number of thiazole rings is 1. The number of benzene rings is 1. The van der Waals surface area contributed by atoms with Crippen LogP contribution >= 0.6 is 11.3 Å². The normalized spacial score (nSPS) is 11.4. The second-order valence-corrected chi connectivity index (χ2v) is 7.40. The van der Waals surface area contributed by atoms with E-state index in [0.717, 1.165) is 24.2 Å². The molecule has 0 aliphatic heterocycles. The summed E-state index contributed by atoms with van der Waals surface area (Å²) in [5.74, 6) is -5.01. The number of nitrogens with one attached hydrogen (secondary N) is 1. The molecule has 2 heterocycles. The summed E-state index contributed by atoms with van der Waals surface area (Å²) in [6.07, 6.45) is 0.728. The Morgan fingerprint density at radius 2 is 2.03 bits per heavy atom. The van der Waals surface area contributed by atoms with Gasteiger partial charge < -0.3 is 5.32 Å². The summed E-state index contributed by atoms with van der Waals surface area (Å²) in [6, 6.07) is 3.13. The van der Waals surface area contributed by atoms with Crippen molar-refractivity contribution in [1.82, 2.24) is 14.3 Å². The summed E-state index contributed by atoms with van der Waals surface area (Å²) in [5.41, 5.74) is 0.676. The maximum Gasteiger partial charge on any atom is 0.259 e. The molecule has 1 aromatic carbocycles. The molecule has 1 amide bonds. The van der Waals surface area contributed by atoms with E-state index in [1.807, 2.05) is 19.2 Å². The highest BCUT2D eigenvalue weighted by Crippen LogP contribution is 2.19. The molecule has 0 unspecified atom stereocenters. The van der Waals surface area contributed by atoms with Crippen molar-refractivity contribution in [2.75, 3.05) is 18.4 Å². The van der Waals surface area contributed by atoms with Crippen molar-refractivity contribution in [2.24, 2.45) is 0 Å². The van der Waals surface area contributed by atoms with Gasteiger partial charge in [-0.2, -0.15) is 0 Å². The Morgan fingerprint density at radius 1 is 1.28 bits per heavy atom. The van der Waals surface area contributed by atoms with Gasteiger partial charge in [-0.25, -0.2) is 18.2 Å². The number of fused-ring (bicyclic) bond motifs is 1. The summed E-state index contributed by atoms with van der Waals surface area (Å²) in [5, 5.41) is 4.09. The van der Waals surface area contributed by atoms with Gasteiger partial charge in [0, 0.05) is 23.7 Å². The molecule has 0 fully saturated rings. The van der Waals surface area contributed by atoms with Gasteiger partial charge in [-0.1, -0.05) is 6.92 Å². The minimum absolute atomic E-state index is 0.128. The van der Waals surface area contributed by atoms with E-state index in [0.29, 0.717) is 17.2 Å². The van der Waals surface area contributed by atoms with Crippen LogP contribution in [0.3, 0.4) is 0 Å². The van der Waals surface area contributed by atoms with Crippen molar-refractivity contribution in [3.63, 3.8) is 0 Å². The minimum Gasteiger partial charge on any atom is -0.322 e. The molecule has 6 nitrogen and oxygen atoms in total. The van der Waals surface area contributed by atoms with Crippen molar-refractivity contribution in [1.29, 1.82) is 0 Å². The molecule has 0 spiro atoms. The average Bonchev–Trinajstić information content (AvgIpc) is 3.03. The largest absolute Gasteiger partial charge is 0.322 e. The zero-order chi connectivity index (χ0) is 21.1. The number of rotatable bonds is 7. The fourth-order valence-electron chi connectivity index (χ4n) is 2.96. The van der Waals surface area contributed by atoms with Crippen LogP contribution < -0.4 is 10.9 Å². The highest BCUT2D eigenvalue weighted by molar-refractivity contribution is 7.15. The van der Waals surface area contributed by atoms with Gasteiger partial charge >= 0.3 is 0 Å². The Labute approximate surface area is 168 Å². The minimum atomic E-state index is -1.64. The summed E-state index contributed by atoms with van der Waals surface area (Å²) in [4.78, 5) is 31.4. The van der Waals surface area contributed by atoms with Gasteiger partial charge in [0.05, 0.1) is 17.9 Å². The third-order valence-corrected chi connectivity index (χ3v) is 5.17. The van der Waals surface area contributed by atoms with Gasteiger partial charge in [-0.15, -0.1) is 11.3 Å². The van der Waals surface area contributed by atoms with Crippen LogP contribution in [0.25, 0.3) is 4.96 Å². The molecule has 0 radical (unpaired) electrons. The number of carbonyl (C=O) groups excluding carboxylic acids is 1. The molecule has 10 heteroatoms. The molecule has 0 saturated carbocycles. The first kappa shape index (κ1) is 21.0. The summed E-state index contributed by atoms with van der Waals surface area (Å²) in [6.45, 7) is 4.38. The monoisotopic (exact) mass is 424 g/mol. The first-order chi connectivity index (χ1) is 13.8. The number of hydrogen-bond acceptors (Lipinski definition) is 5. The highest BCUT2D eigenvalue weighted by Gasteiger charge is 2.18. The lowest BCUT2D eigenvalue weighted by Gasteiger charge is -2.20. The van der Waals surface area contributed by atoms with Crippen LogP contribution in [0.5, 0.6) is 0 Å². The zero-order valence-electron chi connectivity index (χ0n) is 15.8. The van der Waals surface area contributed by atoms with E-state index in [2.05, 4.69) is 10.3 Å². The van der Waals surface area contributed by atoms with Crippen molar-refractivity contribution in [3.8, 4) is 0 Å². The number of anilines is 1. The molecule has 0 bridgehead atoms. The number of carbonyl (C=O) groups is 1. The van der Waals surface area contributed by atoms with Crippen LogP contribution in [0.1, 0.15) is 24.7 Å². The molecule has 1 N–H and O–H groups in total. The Balaban J connectivity index is 1.74. The fourth-order valence-corrected chi connectivity index (χ4v) is 3.85. The highest BCUT2D eigenvalue weighted by atomic mass is 32.1. The SMILES string of the molecule is CCCN(CC(=O)Nc1ccc(F)c(F)c1F)Cc1cc(=O)n2c(C)csc2n1. The van der Waals surface area contributed by atoms with Crippen molar-refractivity contribution < 1.29 is 18.0 Å². The van der Waals surface area contributed by atoms with Gasteiger partial charge in [-0.05, 0) is 32.0 Å². The molecular weight excluding hydrogens is 405 g/mol. The zero-order valence-corrected chi connectivity index (χ0v) is 16.7. The predicted molar refractivity (Wildman–Crippen MR) is 105 cm³/mol. The van der Waals surface area contributed by atoms with Crippen LogP contribution in [-0.4, -0.2) is 33.3 Å². The average molecular weight is 424 g/mol. The second kappa shape index (κ2) is 8.75. The standard InChI is InChI=1S/C19H19F3N4O2S/c1-3-6-25(8-12-7-16(28)26-11(2)10-29-19(26)23-12)9-15(27)24-14-5-4-13(20)17(21)18(14)22/h4-5,7,10H,3,6,8-9H2,1-2H3,(H,24,27). The van der Waals surface area contributed by atoms with E-state index in [9.17, 15) is 22.8 Å². The third kappa shape index (κ3) is 4.65. The topological polar surface area (TPSA) is 66.7 Å². The number of hydrogen-bond donors (Lipinski definition) is 1. The van der Waals surface area contributed by atoms with Crippen molar-refractivity contribution in [3.05, 3.63) is 62.8 Å². The summed E-state index contributed by atoms with van der Waals surface area (Å²) in [7, 11) is 0. The lowest BCUT2D eigenvalue weighted by Crippen LogP contribution is -2.34. The molecule has 0 aliphatic carbocycles. The third-order valence-electron chi connectivity index (χ3n) is 4.23. The summed E-state index contributed by atoms with van der Waals surface area (Å²) < 4.78 is 41.6. The lowest BCUT2D eigenvalue weighted by molar-refractivity contribution is -0.117. The second-order valence-electron chi connectivity index (χ2n) is 6.56. The molecule has 0 atom stereocenters. The summed E-state index contributed by atoms with van der Waals surface area (Å²) >= 11 is 1.35. The van der Waals surface area contributed by atoms with E-state index in [1.54, 1.807) is 4.90 Å². The molecule has 154 valence electrons. The first-order valence-electron chi connectivity index (χ1n) is 8.92. The van der Waals surface area contributed by atoms with Crippen LogP contribution in [0.15, 0.2) is 28.4 Å². The molecule has 29 heavy (non-hydrogen) atoms. The molecule has 2 aromatic heterocycles. The van der Waals surface area contributed by atoms with Gasteiger partial charge in [0.1, 0.15) is 0 Å². The maximum absolute atomic E-state index is 13.8. The lowest BCUT2D eigenvalue weighted by atomic mass is 10.2. The molecule has 0 saturated heterocycles. The molecule has 3 rings (SSSR count). The predicted octanol–water partition coefficient (Wildman–Crippen LogP) is 3.33. The van der Waals surface area contributed by atoms with Crippen LogP contribution in [0, 0.1) is 24.4 Å². The molecular formula is C19H19F3N4O2S. The van der Waals surface area contributed by atoms with Crippen LogP contribution in [-0.2, 0) is 11.3 Å². The first-order valence-corrected chi connectivity index (χ1v) is 9.80. The van der Waals surface area contributed by atoms with Gasteiger partial charge in [0.15, 0.2) is 22.4 Å². The van der Waals surface area contributed by atoms with E-state index in [-0.39, 0.29) is 18.6 Å². The van der Waals surface area contributed by atoms with E-state index in [4.69, 9.17) is 0 Å². The van der Waals surface area contributed by atoms with Crippen LogP contribution in [0.2, 0.25) is 0 Å². The van der Waals surface area contributed by atoms with Crippen molar-refractivity contribution in [2.45, 2.75) is 26.8 Å². The number of aryl methyl sites for hydroxylation is 1. The fraction of sp³-hybridized carbons (Fsp3) is 0.316. The van der Waals surface area contributed by atoms with E-state index < -0.39 is 29.0 Å². The maximum atomic E-state index is 13.8. The van der Waals surface area contributed by atoms with E-state index in [1.165, 1.54) is 21.8 Å². The Bertz CT molecular complexity index is 1110. The molecule has 3 aromatic rings. The van der Waals surface area contributed by atoms with Crippen LogP contribution in [0.4, 0.5) is 18.9 Å². The number of halogens is 3.